The second-order valence-corrected chi connectivity index (χ2v) is 6.83. The van der Waals surface area contributed by atoms with Gasteiger partial charge in [-0.3, -0.25) is 0 Å². The average Bonchev–Trinajstić information content (AvgIpc) is 2.73. The molecule has 3 heteroatoms. The summed E-state index contributed by atoms with van der Waals surface area (Å²) in [6.07, 6.45) is 1.25. The van der Waals surface area contributed by atoms with E-state index in [-0.39, 0.29) is 0 Å². The predicted molar refractivity (Wildman–Crippen MR) is 80.7 cm³/mol. The van der Waals surface area contributed by atoms with Gasteiger partial charge in [0.1, 0.15) is 5.75 Å². The molecule has 0 amide bonds. The number of nitrogens with one attached hydrogen (secondary N) is 1. The lowest BCUT2D eigenvalue weighted by atomic mass is 10.1. The van der Waals surface area contributed by atoms with Crippen molar-refractivity contribution in [3.05, 3.63) is 24.3 Å². The van der Waals surface area contributed by atoms with Crippen LogP contribution in [-0.4, -0.2) is 23.7 Å². The fourth-order valence-electron chi connectivity index (χ4n) is 2.07. The third-order valence-corrected chi connectivity index (χ3v) is 4.47. The SMILES string of the molecule is CC(C)COc1cccc(NC2CCSC2C)c1. The molecule has 2 rings (SSSR count). The molecule has 100 valence electrons. The minimum Gasteiger partial charge on any atom is -0.493 e. The van der Waals surface area contributed by atoms with Crippen LogP contribution in [0.5, 0.6) is 5.75 Å². The maximum Gasteiger partial charge on any atom is 0.121 e. The van der Waals surface area contributed by atoms with Crippen molar-refractivity contribution in [3.63, 3.8) is 0 Å². The first-order valence-corrected chi connectivity index (χ1v) is 7.81. The number of rotatable bonds is 5. The number of thioether (sulfide) groups is 1. The molecule has 0 saturated carbocycles. The maximum atomic E-state index is 5.75. The van der Waals surface area contributed by atoms with E-state index in [1.54, 1.807) is 0 Å². The van der Waals surface area contributed by atoms with Gasteiger partial charge in [0.05, 0.1) is 6.61 Å². The molecule has 2 nitrogen and oxygen atoms in total. The molecule has 0 radical (unpaired) electrons. The quantitative estimate of drug-likeness (QED) is 0.868. The summed E-state index contributed by atoms with van der Waals surface area (Å²) in [5, 5.41) is 4.32. The first-order valence-electron chi connectivity index (χ1n) is 6.76. The van der Waals surface area contributed by atoms with Crippen molar-refractivity contribution in [1.82, 2.24) is 0 Å². The Bertz CT molecular complexity index is 381. The zero-order chi connectivity index (χ0) is 13.0. The van der Waals surface area contributed by atoms with Crippen LogP contribution in [0.15, 0.2) is 24.3 Å². The number of benzene rings is 1. The summed E-state index contributed by atoms with van der Waals surface area (Å²) in [4.78, 5) is 0. The van der Waals surface area contributed by atoms with Crippen LogP contribution in [0, 0.1) is 5.92 Å². The monoisotopic (exact) mass is 265 g/mol. The average molecular weight is 265 g/mol. The molecule has 1 N–H and O–H groups in total. The molecule has 2 atom stereocenters. The first kappa shape index (κ1) is 13.6. The lowest BCUT2D eigenvalue weighted by Crippen LogP contribution is -2.24. The lowest BCUT2D eigenvalue weighted by Gasteiger charge is -2.18. The molecule has 1 saturated heterocycles. The van der Waals surface area contributed by atoms with Crippen LogP contribution in [0.3, 0.4) is 0 Å². The zero-order valence-corrected chi connectivity index (χ0v) is 12.3. The van der Waals surface area contributed by atoms with Crippen LogP contribution in [0.2, 0.25) is 0 Å². The minimum atomic E-state index is 0.563. The predicted octanol–water partition coefficient (Wildman–Crippen LogP) is 4.03. The summed E-state index contributed by atoms with van der Waals surface area (Å²) in [6, 6.07) is 8.91. The Morgan fingerprint density at radius 1 is 1.44 bits per heavy atom. The molecule has 1 fully saturated rings. The molecule has 1 aliphatic heterocycles. The van der Waals surface area contributed by atoms with E-state index in [1.165, 1.54) is 17.9 Å². The van der Waals surface area contributed by atoms with Crippen molar-refractivity contribution < 1.29 is 4.74 Å². The third kappa shape index (κ3) is 3.84. The van der Waals surface area contributed by atoms with Crippen molar-refractivity contribution in [2.24, 2.45) is 5.92 Å². The Hall–Kier alpha value is -0.830. The second kappa shape index (κ2) is 6.37. The highest BCUT2D eigenvalue weighted by atomic mass is 32.2. The maximum absolute atomic E-state index is 5.75. The fourth-order valence-corrected chi connectivity index (χ4v) is 3.27. The van der Waals surface area contributed by atoms with E-state index in [9.17, 15) is 0 Å². The molecule has 1 heterocycles. The Balaban J connectivity index is 1.94. The van der Waals surface area contributed by atoms with E-state index in [0.29, 0.717) is 17.2 Å². The molecule has 18 heavy (non-hydrogen) atoms. The van der Waals surface area contributed by atoms with Crippen LogP contribution < -0.4 is 10.1 Å². The van der Waals surface area contributed by atoms with Crippen LogP contribution in [0.4, 0.5) is 5.69 Å². The van der Waals surface area contributed by atoms with Gasteiger partial charge in [0.25, 0.3) is 0 Å². The Morgan fingerprint density at radius 2 is 2.28 bits per heavy atom. The van der Waals surface area contributed by atoms with Gasteiger partial charge in [-0.15, -0.1) is 0 Å². The molecule has 0 aliphatic carbocycles. The summed E-state index contributed by atoms with van der Waals surface area (Å²) in [5.74, 6) is 2.79. The second-order valence-electron chi connectivity index (χ2n) is 5.35. The van der Waals surface area contributed by atoms with Gasteiger partial charge < -0.3 is 10.1 Å². The van der Waals surface area contributed by atoms with Crippen LogP contribution in [0.25, 0.3) is 0 Å². The number of hydrogen-bond donors (Lipinski definition) is 1. The number of anilines is 1. The minimum absolute atomic E-state index is 0.563. The lowest BCUT2D eigenvalue weighted by molar-refractivity contribution is 0.271. The van der Waals surface area contributed by atoms with E-state index in [2.05, 4.69) is 44.3 Å². The van der Waals surface area contributed by atoms with Gasteiger partial charge in [-0.25, -0.2) is 0 Å². The fraction of sp³-hybridized carbons (Fsp3) is 0.600. The molecule has 1 aliphatic rings. The largest absolute Gasteiger partial charge is 0.493 e. The normalized spacial score (nSPS) is 23.3. The van der Waals surface area contributed by atoms with E-state index < -0.39 is 0 Å². The van der Waals surface area contributed by atoms with E-state index >= 15 is 0 Å². The van der Waals surface area contributed by atoms with Crippen molar-refractivity contribution >= 4 is 17.4 Å². The molecule has 1 aromatic rings. The Kier molecular flexibility index (Phi) is 4.81. The summed E-state index contributed by atoms with van der Waals surface area (Å²) in [7, 11) is 0. The number of hydrogen-bond acceptors (Lipinski definition) is 3. The zero-order valence-electron chi connectivity index (χ0n) is 11.5. The van der Waals surface area contributed by atoms with Gasteiger partial charge in [-0.1, -0.05) is 26.8 Å². The van der Waals surface area contributed by atoms with Crippen molar-refractivity contribution in [3.8, 4) is 5.75 Å². The van der Waals surface area contributed by atoms with Gasteiger partial charge in [0.2, 0.25) is 0 Å². The molecule has 0 aromatic heterocycles. The first-order chi connectivity index (χ1) is 8.65. The van der Waals surface area contributed by atoms with E-state index in [4.69, 9.17) is 4.74 Å². The van der Waals surface area contributed by atoms with Crippen LogP contribution in [0.1, 0.15) is 27.2 Å². The summed E-state index contributed by atoms with van der Waals surface area (Å²) in [6.45, 7) is 7.41. The van der Waals surface area contributed by atoms with Gasteiger partial charge in [-0.05, 0) is 30.2 Å². The highest BCUT2D eigenvalue weighted by Crippen LogP contribution is 2.29. The molecular weight excluding hydrogens is 242 g/mol. The molecule has 0 bridgehead atoms. The van der Waals surface area contributed by atoms with Gasteiger partial charge in [-0.2, -0.15) is 11.8 Å². The summed E-state index contributed by atoms with van der Waals surface area (Å²) in [5.41, 5.74) is 1.18. The molecule has 1 aromatic carbocycles. The highest BCUT2D eigenvalue weighted by Gasteiger charge is 2.23. The summed E-state index contributed by atoms with van der Waals surface area (Å²) < 4.78 is 5.75. The Morgan fingerprint density at radius 3 is 2.94 bits per heavy atom. The van der Waals surface area contributed by atoms with Crippen LogP contribution >= 0.6 is 11.8 Å². The van der Waals surface area contributed by atoms with E-state index in [0.717, 1.165) is 12.4 Å². The van der Waals surface area contributed by atoms with E-state index in [1.807, 2.05) is 17.8 Å². The Labute approximate surface area is 114 Å². The van der Waals surface area contributed by atoms with Crippen molar-refractivity contribution in [2.45, 2.75) is 38.5 Å². The van der Waals surface area contributed by atoms with Crippen molar-refractivity contribution in [2.75, 3.05) is 17.7 Å². The smallest absolute Gasteiger partial charge is 0.121 e. The third-order valence-electron chi connectivity index (χ3n) is 3.15. The summed E-state index contributed by atoms with van der Waals surface area (Å²) >= 11 is 2.05. The molecule has 0 spiro atoms. The topological polar surface area (TPSA) is 21.3 Å². The molecular formula is C15H23NOS. The van der Waals surface area contributed by atoms with Gasteiger partial charge >= 0.3 is 0 Å². The standard InChI is InChI=1S/C15H23NOS/c1-11(2)10-17-14-6-4-5-13(9-14)16-15-7-8-18-12(15)3/h4-6,9,11-12,15-16H,7-8,10H2,1-3H3. The van der Waals surface area contributed by atoms with Gasteiger partial charge in [0.15, 0.2) is 0 Å². The van der Waals surface area contributed by atoms with Crippen LogP contribution in [-0.2, 0) is 0 Å². The van der Waals surface area contributed by atoms with Gasteiger partial charge in [0, 0.05) is 23.0 Å². The van der Waals surface area contributed by atoms with Crippen molar-refractivity contribution in [1.29, 1.82) is 0 Å². The number of ether oxygens (including phenoxy) is 1. The highest BCUT2D eigenvalue weighted by molar-refractivity contribution is 8.00. The molecule has 2 unspecified atom stereocenters.